The van der Waals surface area contributed by atoms with Crippen LogP contribution >= 0.6 is 0 Å². The van der Waals surface area contributed by atoms with E-state index in [-0.39, 0.29) is 0 Å². The van der Waals surface area contributed by atoms with Crippen molar-refractivity contribution in [3.8, 4) is 0 Å². The van der Waals surface area contributed by atoms with Gasteiger partial charge in [0, 0.05) is 12.5 Å². The van der Waals surface area contributed by atoms with Gasteiger partial charge in [0.25, 0.3) is 0 Å². The second-order valence-electron chi connectivity index (χ2n) is 5.65. The van der Waals surface area contributed by atoms with Crippen molar-refractivity contribution in [3.05, 3.63) is 0 Å². The summed E-state index contributed by atoms with van der Waals surface area (Å²) in [5.74, 6) is 2.25. The first kappa shape index (κ1) is 12.9. The topological polar surface area (TPSA) is 41.1 Å². The Labute approximate surface area is 105 Å². The maximum Gasteiger partial charge on any atom is 0.223 e. The highest BCUT2D eigenvalue weighted by molar-refractivity contribution is 5.81. The van der Waals surface area contributed by atoms with Crippen LogP contribution in [0.4, 0.5) is 0 Å². The molecule has 2 N–H and O–H groups in total. The van der Waals surface area contributed by atoms with Crippen LogP contribution in [0, 0.1) is 17.8 Å². The molecule has 2 saturated carbocycles. The summed E-state index contributed by atoms with van der Waals surface area (Å²) in [5, 5.41) is 6.17. The molecule has 2 unspecified atom stereocenters. The lowest BCUT2D eigenvalue weighted by Crippen LogP contribution is -2.29. The average Bonchev–Trinajstić information content (AvgIpc) is 3.16. The largest absolute Gasteiger partial charge is 0.356 e. The molecule has 2 fully saturated rings. The third-order valence-corrected chi connectivity index (χ3v) is 4.33. The van der Waals surface area contributed by atoms with Crippen molar-refractivity contribution in [1.82, 2.24) is 10.6 Å². The van der Waals surface area contributed by atoms with E-state index in [0.29, 0.717) is 11.8 Å². The van der Waals surface area contributed by atoms with Crippen LogP contribution in [0.1, 0.15) is 44.9 Å². The highest BCUT2D eigenvalue weighted by Crippen LogP contribution is 2.49. The van der Waals surface area contributed by atoms with Crippen LogP contribution in [0.2, 0.25) is 0 Å². The molecular formula is C14H26N2O. The summed E-state index contributed by atoms with van der Waals surface area (Å²) in [7, 11) is 1.95. The second-order valence-corrected chi connectivity index (χ2v) is 5.65. The fourth-order valence-corrected chi connectivity index (χ4v) is 3.21. The molecule has 0 spiro atoms. The zero-order valence-corrected chi connectivity index (χ0v) is 11.0. The highest BCUT2D eigenvalue weighted by atomic mass is 16.2. The molecule has 2 atom stereocenters. The third-order valence-electron chi connectivity index (χ3n) is 4.33. The van der Waals surface area contributed by atoms with Crippen molar-refractivity contribution in [2.45, 2.75) is 44.9 Å². The number of carbonyl (C=O) groups excluding carboxylic acids is 1. The summed E-state index contributed by atoms with van der Waals surface area (Å²) in [4.78, 5) is 11.9. The molecular weight excluding hydrogens is 212 g/mol. The molecule has 17 heavy (non-hydrogen) atoms. The summed E-state index contributed by atoms with van der Waals surface area (Å²) in [6.45, 7) is 1.81. The fourth-order valence-electron chi connectivity index (χ4n) is 3.21. The summed E-state index contributed by atoms with van der Waals surface area (Å²) >= 11 is 0. The Morgan fingerprint density at radius 2 is 1.94 bits per heavy atom. The molecule has 0 saturated heterocycles. The smallest absolute Gasteiger partial charge is 0.223 e. The molecule has 0 aromatic heterocycles. The number of carbonyl (C=O) groups is 1. The molecule has 0 heterocycles. The van der Waals surface area contributed by atoms with Crippen LogP contribution in [0.15, 0.2) is 0 Å². The lowest BCUT2D eigenvalue weighted by Gasteiger charge is -2.21. The third kappa shape index (κ3) is 3.70. The Kier molecular flexibility index (Phi) is 4.84. The Morgan fingerprint density at radius 3 is 2.65 bits per heavy atom. The monoisotopic (exact) mass is 238 g/mol. The van der Waals surface area contributed by atoms with Gasteiger partial charge in [-0.15, -0.1) is 0 Å². The predicted molar refractivity (Wildman–Crippen MR) is 69.7 cm³/mol. The van der Waals surface area contributed by atoms with E-state index in [1.807, 2.05) is 7.05 Å². The van der Waals surface area contributed by atoms with Crippen molar-refractivity contribution in [3.63, 3.8) is 0 Å². The highest BCUT2D eigenvalue weighted by Gasteiger charge is 2.47. The van der Waals surface area contributed by atoms with Gasteiger partial charge in [0.15, 0.2) is 0 Å². The Hall–Kier alpha value is -0.570. The van der Waals surface area contributed by atoms with E-state index in [1.54, 1.807) is 0 Å². The molecule has 0 aromatic rings. The lowest BCUT2D eigenvalue weighted by molar-refractivity contribution is -0.122. The molecule has 0 radical (unpaired) electrons. The van der Waals surface area contributed by atoms with Gasteiger partial charge in [0.2, 0.25) is 5.91 Å². The number of nitrogens with one attached hydrogen (secondary N) is 2. The number of hydrogen-bond donors (Lipinski definition) is 2. The SMILES string of the molecule is CNCCCNC(=O)C1CC1C1CCCCC1. The Balaban J connectivity index is 1.62. The molecule has 98 valence electrons. The van der Waals surface area contributed by atoms with Crippen molar-refractivity contribution >= 4 is 5.91 Å². The van der Waals surface area contributed by atoms with E-state index < -0.39 is 0 Å². The number of amides is 1. The van der Waals surface area contributed by atoms with Gasteiger partial charge in [-0.05, 0) is 38.3 Å². The van der Waals surface area contributed by atoms with Crippen LogP contribution in [-0.2, 0) is 4.79 Å². The lowest BCUT2D eigenvalue weighted by atomic mass is 9.85. The van der Waals surface area contributed by atoms with Crippen LogP contribution in [-0.4, -0.2) is 26.0 Å². The van der Waals surface area contributed by atoms with E-state index in [9.17, 15) is 4.79 Å². The van der Waals surface area contributed by atoms with E-state index >= 15 is 0 Å². The first-order valence-corrected chi connectivity index (χ1v) is 7.25. The molecule has 0 bridgehead atoms. The van der Waals surface area contributed by atoms with Crippen molar-refractivity contribution in [2.24, 2.45) is 17.8 Å². The van der Waals surface area contributed by atoms with Gasteiger partial charge >= 0.3 is 0 Å². The van der Waals surface area contributed by atoms with Gasteiger partial charge < -0.3 is 10.6 Å². The molecule has 2 rings (SSSR count). The molecule has 3 heteroatoms. The molecule has 0 aliphatic heterocycles. The fraction of sp³-hybridized carbons (Fsp3) is 0.929. The Bertz CT molecular complexity index is 249. The van der Waals surface area contributed by atoms with Crippen molar-refractivity contribution < 1.29 is 4.79 Å². The zero-order valence-electron chi connectivity index (χ0n) is 11.0. The summed E-state index contributed by atoms with van der Waals surface area (Å²) < 4.78 is 0. The summed E-state index contributed by atoms with van der Waals surface area (Å²) in [6.07, 6.45) is 9.10. The van der Waals surface area contributed by atoms with Gasteiger partial charge in [-0.3, -0.25) is 4.79 Å². The minimum Gasteiger partial charge on any atom is -0.356 e. The van der Waals surface area contributed by atoms with Gasteiger partial charge in [0.1, 0.15) is 0 Å². The van der Waals surface area contributed by atoms with E-state index in [2.05, 4.69) is 10.6 Å². The van der Waals surface area contributed by atoms with Crippen LogP contribution in [0.3, 0.4) is 0 Å². The van der Waals surface area contributed by atoms with Crippen LogP contribution in [0.5, 0.6) is 0 Å². The molecule has 0 aromatic carbocycles. The van der Waals surface area contributed by atoms with Crippen LogP contribution < -0.4 is 10.6 Å². The summed E-state index contributed by atoms with van der Waals surface area (Å²) in [6, 6.07) is 0. The maximum atomic E-state index is 11.9. The molecule has 3 nitrogen and oxygen atoms in total. The van der Waals surface area contributed by atoms with Gasteiger partial charge in [-0.1, -0.05) is 32.1 Å². The number of rotatable bonds is 6. The first-order chi connectivity index (χ1) is 8.33. The first-order valence-electron chi connectivity index (χ1n) is 7.25. The standard InChI is InChI=1S/C14H26N2O/c1-15-8-5-9-16-14(17)13-10-12(13)11-6-3-2-4-7-11/h11-13,15H,2-10H2,1H3,(H,16,17). The average molecular weight is 238 g/mol. The van der Waals surface area contributed by atoms with Crippen molar-refractivity contribution in [2.75, 3.05) is 20.1 Å². The van der Waals surface area contributed by atoms with E-state index in [0.717, 1.165) is 37.8 Å². The minimum absolute atomic E-state index is 0.316. The molecule has 2 aliphatic carbocycles. The number of hydrogen-bond acceptors (Lipinski definition) is 2. The second kappa shape index (κ2) is 6.39. The van der Waals surface area contributed by atoms with E-state index in [4.69, 9.17) is 0 Å². The normalized spacial score (nSPS) is 29.0. The molecule has 1 amide bonds. The minimum atomic E-state index is 0.316. The predicted octanol–water partition coefficient (Wildman–Crippen LogP) is 1.93. The zero-order chi connectivity index (χ0) is 12.1. The Morgan fingerprint density at radius 1 is 1.18 bits per heavy atom. The quantitative estimate of drug-likeness (QED) is 0.694. The summed E-state index contributed by atoms with van der Waals surface area (Å²) in [5.41, 5.74) is 0. The van der Waals surface area contributed by atoms with Crippen LogP contribution in [0.25, 0.3) is 0 Å². The maximum absolute atomic E-state index is 11.9. The van der Waals surface area contributed by atoms with Gasteiger partial charge in [-0.25, -0.2) is 0 Å². The molecule has 2 aliphatic rings. The van der Waals surface area contributed by atoms with Crippen molar-refractivity contribution in [1.29, 1.82) is 0 Å². The van der Waals surface area contributed by atoms with Gasteiger partial charge in [0.05, 0.1) is 0 Å². The van der Waals surface area contributed by atoms with E-state index in [1.165, 1.54) is 32.1 Å². The van der Waals surface area contributed by atoms with Gasteiger partial charge in [-0.2, -0.15) is 0 Å².